The lowest BCUT2D eigenvalue weighted by atomic mass is 10.1. The standard InChI is InChI=1S/C22H29N3O5S/c1-16(2)13-21(26)25-19-6-4-5-17(14-19)15-23-22(27)18-7-9-20(10-8-18)31(28,29)24-11-12-30-3/h4-10,14,16,24H,11-13,15H2,1-3H3,(H,23,27)(H,25,26). The minimum absolute atomic E-state index is 0.0528. The molecule has 2 aromatic rings. The molecule has 9 heteroatoms. The maximum atomic E-state index is 12.4. The molecular weight excluding hydrogens is 418 g/mol. The van der Waals surface area contributed by atoms with Crippen molar-refractivity contribution in [3.8, 4) is 0 Å². The summed E-state index contributed by atoms with van der Waals surface area (Å²) in [4.78, 5) is 24.4. The lowest BCUT2D eigenvalue weighted by Gasteiger charge is -2.10. The number of hydrogen-bond acceptors (Lipinski definition) is 5. The predicted molar refractivity (Wildman–Crippen MR) is 119 cm³/mol. The highest BCUT2D eigenvalue weighted by atomic mass is 32.2. The Bertz CT molecular complexity index is 988. The van der Waals surface area contributed by atoms with E-state index < -0.39 is 10.0 Å². The third kappa shape index (κ3) is 8.12. The van der Waals surface area contributed by atoms with Crippen molar-refractivity contribution in [2.24, 2.45) is 5.92 Å². The van der Waals surface area contributed by atoms with E-state index in [1.54, 1.807) is 12.1 Å². The number of amides is 2. The average molecular weight is 448 g/mol. The number of methoxy groups -OCH3 is 1. The Hall–Kier alpha value is -2.75. The molecule has 2 rings (SSSR count). The molecule has 0 saturated heterocycles. The zero-order valence-electron chi connectivity index (χ0n) is 18.0. The number of benzene rings is 2. The largest absolute Gasteiger partial charge is 0.383 e. The van der Waals surface area contributed by atoms with Crippen LogP contribution in [-0.2, 0) is 26.1 Å². The Morgan fingerprint density at radius 2 is 1.77 bits per heavy atom. The number of carbonyl (C=O) groups is 2. The Kier molecular flexibility index (Phi) is 9.17. The van der Waals surface area contributed by atoms with Crippen LogP contribution >= 0.6 is 0 Å². The minimum Gasteiger partial charge on any atom is -0.383 e. The van der Waals surface area contributed by atoms with Crippen LogP contribution in [0.2, 0.25) is 0 Å². The highest BCUT2D eigenvalue weighted by Crippen LogP contribution is 2.13. The van der Waals surface area contributed by atoms with Crippen LogP contribution in [0.25, 0.3) is 0 Å². The number of carbonyl (C=O) groups excluding carboxylic acids is 2. The Labute approximate surface area is 183 Å². The zero-order chi connectivity index (χ0) is 22.9. The lowest BCUT2D eigenvalue weighted by Crippen LogP contribution is -2.27. The first-order valence-corrected chi connectivity index (χ1v) is 11.4. The second-order valence-corrected chi connectivity index (χ2v) is 9.21. The molecular formula is C22H29N3O5S. The van der Waals surface area contributed by atoms with Gasteiger partial charge in [0, 0.05) is 37.9 Å². The van der Waals surface area contributed by atoms with E-state index >= 15 is 0 Å². The van der Waals surface area contributed by atoms with Crippen LogP contribution in [0.1, 0.15) is 36.2 Å². The molecule has 0 radical (unpaired) electrons. The molecule has 0 aliphatic heterocycles. The summed E-state index contributed by atoms with van der Waals surface area (Å²) in [5, 5.41) is 5.64. The van der Waals surface area contributed by atoms with Crippen molar-refractivity contribution < 1.29 is 22.7 Å². The first kappa shape index (κ1) is 24.5. The first-order valence-electron chi connectivity index (χ1n) is 9.97. The number of ether oxygens (including phenoxy) is 1. The van der Waals surface area contributed by atoms with Gasteiger partial charge in [0.15, 0.2) is 0 Å². The summed E-state index contributed by atoms with van der Waals surface area (Å²) in [5.74, 6) is -0.113. The average Bonchev–Trinajstić information content (AvgIpc) is 2.72. The maximum Gasteiger partial charge on any atom is 0.251 e. The van der Waals surface area contributed by atoms with Crippen molar-refractivity contribution in [3.63, 3.8) is 0 Å². The summed E-state index contributed by atoms with van der Waals surface area (Å²) in [6.07, 6.45) is 0.439. The van der Waals surface area contributed by atoms with Crippen LogP contribution in [0.15, 0.2) is 53.4 Å². The smallest absolute Gasteiger partial charge is 0.251 e. The van der Waals surface area contributed by atoms with Gasteiger partial charge in [-0.05, 0) is 47.9 Å². The second kappa shape index (κ2) is 11.6. The number of sulfonamides is 1. The van der Waals surface area contributed by atoms with E-state index in [0.29, 0.717) is 17.7 Å². The van der Waals surface area contributed by atoms with Gasteiger partial charge in [-0.15, -0.1) is 0 Å². The van der Waals surface area contributed by atoms with Gasteiger partial charge in [-0.3, -0.25) is 9.59 Å². The van der Waals surface area contributed by atoms with Gasteiger partial charge in [0.25, 0.3) is 5.91 Å². The number of rotatable bonds is 11. The monoisotopic (exact) mass is 447 g/mol. The third-order valence-electron chi connectivity index (χ3n) is 4.28. The minimum atomic E-state index is -3.65. The summed E-state index contributed by atoms with van der Waals surface area (Å²) in [7, 11) is -2.16. The quantitative estimate of drug-likeness (QED) is 0.458. The molecule has 0 unspecified atom stereocenters. The van der Waals surface area contributed by atoms with Gasteiger partial charge in [-0.1, -0.05) is 26.0 Å². The van der Waals surface area contributed by atoms with Crippen molar-refractivity contribution in [1.29, 1.82) is 0 Å². The summed E-state index contributed by atoms with van der Waals surface area (Å²) in [6.45, 7) is 4.66. The third-order valence-corrected chi connectivity index (χ3v) is 5.76. The SMILES string of the molecule is COCCNS(=O)(=O)c1ccc(C(=O)NCc2cccc(NC(=O)CC(C)C)c2)cc1. The maximum absolute atomic E-state index is 12.4. The highest BCUT2D eigenvalue weighted by Gasteiger charge is 2.14. The van der Waals surface area contributed by atoms with Crippen molar-refractivity contribution in [2.45, 2.75) is 31.7 Å². The molecule has 0 spiro atoms. The molecule has 0 fully saturated rings. The summed E-state index contributed by atoms with van der Waals surface area (Å²) in [6, 6.07) is 12.9. The molecule has 3 N–H and O–H groups in total. The molecule has 31 heavy (non-hydrogen) atoms. The molecule has 0 aliphatic rings. The lowest BCUT2D eigenvalue weighted by molar-refractivity contribution is -0.116. The van der Waals surface area contributed by atoms with Gasteiger partial charge in [0.1, 0.15) is 0 Å². The summed E-state index contributed by atoms with van der Waals surface area (Å²) in [5.41, 5.74) is 1.85. The summed E-state index contributed by atoms with van der Waals surface area (Å²) >= 11 is 0. The van der Waals surface area contributed by atoms with Crippen LogP contribution in [0.5, 0.6) is 0 Å². The Morgan fingerprint density at radius 3 is 2.42 bits per heavy atom. The Morgan fingerprint density at radius 1 is 1.06 bits per heavy atom. The van der Waals surface area contributed by atoms with E-state index in [2.05, 4.69) is 15.4 Å². The fraction of sp³-hybridized carbons (Fsp3) is 0.364. The van der Waals surface area contributed by atoms with Gasteiger partial charge in [-0.25, -0.2) is 13.1 Å². The normalized spacial score (nSPS) is 11.4. The predicted octanol–water partition coefficient (Wildman–Crippen LogP) is 2.53. The fourth-order valence-electron chi connectivity index (χ4n) is 2.77. The van der Waals surface area contributed by atoms with Crippen molar-refractivity contribution in [3.05, 3.63) is 59.7 Å². The van der Waals surface area contributed by atoms with Gasteiger partial charge in [-0.2, -0.15) is 0 Å². The van der Waals surface area contributed by atoms with E-state index in [1.165, 1.54) is 31.4 Å². The molecule has 0 aromatic heterocycles. The molecule has 2 amide bonds. The molecule has 0 atom stereocenters. The van der Waals surface area contributed by atoms with Crippen LogP contribution < -0.4 is 15.4 Å². The molecule has 0 aliphatic carbocycles. The van der Waals surface area contributed by atoms with Crippen LogP contribution in [-0.4, -0.2) is 40.5 Å². The fourth-order valence-corrected chi connectivity index (χ4v) is 3.79. The number of anilines is 1. The molecule has 0 saturated carbocycles. The Balaban J connectivity index is 1.94. The van der Waals surface area contributed by atoms with E-state index in [4.69, 9.17) is 4.74 Å². The highest BCUT2D eigenvalue weighted by molar-refractivity contribution is 7.89. The first-order chi connectivity index (χ1) is 14.7. The van der Waals surface area contributed by atoms with E-state index in [9.17, 15) is 18.0 Å². The van der Waals surface area contributed by atoms with E-state index in [0.717, 1.165) is 5.56 Å². The van der Waals surface area contributed by atoms with Gasteiger partial charge in [0.05, 0.1) is 11.5 Å². The number of nitrogens with one attached hydrogen (secondary N) is 3. The molecule has 0 bridgehead atoms. The zero-order valence-corrected chi connectivity index (χ0v) is 18.8. The second-order valence-electron chi connectivity index (χ2n) is 7.44. The molecule has 8 nitrogen and oxygen atoms in total. The molecule has 168 valence electrons. The topological polar surface area (TPSA) is 114 Å². The van der Waals surface area contributed by atoms with Crippen LogP contribution in [0, 0.1) is 5.92 Å². The van der Waals surface area contributed by atoms with E-state index in [-0.39, 0.29) is 42.3 Å². The van der Waals surface area contributed by atoms with Crippen LogP contribution in [0.4, 0.5) is 5.69 Å². The van der Waals surface area contributed by atoms with Gasteiger partial charge in [0.2, 0.25) is 15.9 Å². The van der Waals surface area contributed by atoms with Crippen LogP contribution in [0.3, 0.4) is 0 Å². The van der Waals surface area contributed by atoms with Gasteiger partial charge >= 0.3 is 0 Å². The molecule has 0 heterocycles. The van der Waals surface area contributed by atoms with Crippen molar-refractivity contribution >= 4 is 27.5 Å². The van der Waals surface area contributed by atoms with Crippen molar-refractivity contribution in [1.82, 2.24) is 10.0 Å². The summed E-state index contributed by atoms with van der Waals surface area (Å²) < 4.78 is 31.6. The van der Waals surface area contributed by atoms with E-state index in [1.807, 2.05) is 26.0 Å². The number of hydrogen-bond donors (Lipinski definition) is 3. The molecule has 2 aromatic carbocycles. The van der Waals surface area contributed by atoms with Gasteiger partial charge < -0.3 is 15.4 Å². The van der Waals surface area contributed by atoms with Crippen molar-refractivity contribution in [2.75, 3.05) is 25.6 Å².